The average molecular weight is 250 g/mol. The first kappa shape index (κ1) is 12.2. The van der Waals surface area contributed by atoms with Crippen molar-refractivity contribution in [3.8, 4) is 0 Å². The topological polar surface area (TPSA) is 38.0 Å². The maximum atomic E-state index is 13.6. The third-order valence-corrected chi connectivity index (χ3v) is 3.52. The first-order chi connectivity index (χ1) is 8.31. The molecule has 1 heterocycles. The van der Waals surface area contributed by atoms with E-state index in [0.29, 0.717) is 5.56 Å². The SMILES string of the molecule is NNC(CCc1ccsc1)c1ccccc1F. The molecule has 17 heavy (non-hydrogen) atoms. The molecule has 2 rings (SSSR count). The molecular weight excluding hydrogens is 235 g/mol. The van der Waals surface area contributed by atoms with E-state index < -0.39 is 0 Å². The molecule has 90 valence electrons. The zero-order chi connectivity index (χ0) is 12.1. The van der Waals surface area contributed by atoms with Crippen molar-refractivity contribution in [3.05, 3.63) is 58.0 Å². The summed E-state index contributed by atoms with van der Waals surface area (Å²) < 4.78 is 13.6. The largest absolute Gasteiger partial charge is 0.271 e. The lowest BCUT2D eigenvalue weighted by atomic mass is 10.0. The van der Waals surface area contributed by atoms with Crippen molar-refractivity contribution in [2.75, 3.05) is 0 Å². The summed E-state index contributed by atoms with van der Waals surface area (Å²) in [7, 11) is 0. The summed E-state index contributed by atoms with van der Waals surface area (Å²) in [6, 6.07) is 8.69. The van der Waals surface area contributed by atoms with E-state index >= 15 is 0 Å². The van der Waals surface area contributed by atoms with Crippen molar-refractivity contribution in [1.82, 2.24) is 5.43 Å². The van der Waals surface area contributed by atoms with E-state index in [4.69, 9.17) is 5.84 Å². The van der Waals surface area contributed by atoms with Crippen LogP contribution >= 0.6 is 11.3 Å². The Morgan fingerprint density at radius 2 is 2.12 bits per heavy atom. The first-order valence-electron chi connectivity index (χ1n) is 5.53. The highest BCUT2D eigenvalue weighted by molar-refractivity contribution is 7.07. The Balaban J connectivity index is 2.04. The summed E-state index contributed by atoms with van der Waals surface area (Å²) in [5.41, 5.74) is 4.58. The molecule has 0 saturated carbocycles. The highest BCUT2D eigenvalue weighted by atomic mass is 32.1. The van der Waals surface area contributed by atoms with Gasteiger partial charge in [-0.3, -0.25) is 11.3 Å². The van der Waals surface area contributed by atoms with Crippen LogP contribution in [0.3, 0.4) is 0 Å². The van der Waals surface area contributed by atoms with Gasteiger partial charge in [-0.25, -0.2) is 4.39 Å². The van der Waals surface area contributed by atoms with Crippen molar-refractivity contribution in [2.45, 2.75) is 18.9 Å². The molecule has 0 aliphatic heterocycles. The first-order valence-corrected chi connectivity index (χ1v) is 6.47. The van der Waals surface area contributed by atoms with Gasteiger partial charge < -0.3 is 0 Å². The molecule has 1 unspecified atom stereocenters. The second-order valence-corrected chi connectivity index (χ2v) is 4.69. The van der Waals surface area contributed by atoms with Crippen LogP contribution in [-0.4, -0.2) is 0 Å². The summed E-state index contributed by atoms with van der Waals surface area (Å²) in [6.07, 6.45) is 1.68. The number of halogens is 1. The second kappa shape index (κ2) is 5.91. The Kier molecular flexibility index (Phi) is 4.25. The van der Waals surface area contributed by atoms with Crippen molar-refractivity contribution in [2.24, 2.45) is 5.84 Å². The van der Waals surface area contributed by atoms with E-state index in [1.165, 1.54) is 11.6 Å². The molecule has 0 saturated heterocycles. The fraction of sp³-hybridized carbons (Fsp3) is 0.231. The molecule has 0 amide bonds. The van der Waals surface area contributed by atoms with Gasteiger partial charge in [0.15, 0.2) is 0 Å². The van der Waals surface area contributed by atoms with Gasteiger partial charge in [0.25, 0.3) is 0 Å². The molecule has 0 aliphatic carbocycles. The van der Waals surface area contributed by atoms with Gasteiger partial charge in [-0.05, 0) is 41.3 Å². The highest BCUT2D eigenvalue weighted by Gasteiger charge is 2.13. The summed E-state index contributed by atoms with van der Waals surface area (Å²) in [5.74, 6) is 5.29. The van der Waals surface area contributed by atoms with Crippen LogP contribution in [0.5, 0.6) is 0 Å². The molecule has 2 aromatic rings. The lowest BCUT2D eigenvalue weighted by molar-refractivity contribution is 0.485. The smallest absolute Gasteiger partial charge is 0.128 e. The van der Waals surface area contributed by atoms with E-state index in [2.05, 4.69) is 16.9 Å². The maximum Gasteiger partial charge on any atom is 0.128 e. The van der Waals surface area contributed by atoms with Crippen LogP contribution in [0.1, 0.15) is 23.6 Å². The Labute approximate surface area is 104 Å². The zero-order valence-electron chi connectivity index (χ0n) is 9.40. The van der Waals surface area contributed by atoms with E-state index in [0.717, 1.165) is 12.8 Å². The summed E-state index contributed by atoms with van der Waals surface area (Å²) in [4.78, 5) is 0. The molecule has 1 aromatic heterocycles. The van der Waals surface area contributed by atoms with Crippen molar-refractivity contribution >= 4 is 11.3 Å². The van der Waals surface area contributed by atoms with Gasteiger partial charge in [0.2, 0.25) is 0 Å². The number of aryl methyl sites for hydroxylation is 1. The van der Waals surface area contributed by atoms with Crippen LogP contribution in [-0.2, 0) is 6.42 Å². The molecule has 0 bridgehead atoms. The number of rotatable bonds is 5. The highest BCUT2D eigenvalue weighted by Crippen LogP contribution is 2.21. The number of hydrogen-bond donors (Lipinski definition) is 2. The standard InChI is InChI=1S/C13H15FN2S/c14-12-4-2-1-3-11(12)13(16-15)6-5-10-7-8-17-9-10/h1-4,7-9,13,16H,5-6,15H2. The van der Waals surface area contributed by atoms with Gasteiger partial charge in [-0.2, -0.15) is 11.3 Å². The maximum absolute atomic E-state index is 13.6. The van der Waals surface area contributed by atoms with E-state index in [9.17, 15) is 4.39 Å². The fourth-order valence-electron chi connectivity index (χ4n) is 1.83. The second-order valence-electron chi connectivity index (χ2n) is 3.91. The molecule has 0 spiro atoms. The van der Waals surface area contributed by atoms with Gasteiger partial charge in [0, 0.05) is 11.6 Å². The number of hydrogen-bond acceptors (Lipinski definition) is 3. The van der Waals surface area contributed by atoms with Gasteiger partial charge in [-0.1, -0.05) is 18.2 Å². The van der Waals surface area contributed by atoms with Gasteiger partial charge in [0.1, 0.15) is 5.82 Å². The minimum Gasteiger partial charge on any atom is -0.271 e. The Morgan fingerprint density at radius 3 is 2.76 bits per heavy atom. The van der Waals surface area contributed by atoms with Crippen LogP contribution < -0.4 is 11.3 Å². The molecule has 1 atom stereocenters. The molecule has 1 aromatic carbocycles. The van der Waals surface area contributed by atoms with Gasteiger partial charge in [-0.15, -0.1) is 0 Å². The molecule has 3 N–H and O–H groups in total. The monoisotopic (exact) mass is 250 g/mol. The van der Waals surface area contributed by atoms with Gasteiger partial charge >= 0.3 is 0 Å². The molecule has 4 heteroatoms. The van der Waals surface area contributed by atoms with E-state index in [1.807, 2.05) is 11.4 Å². The number of hydrazine groups is 1. The Bertz CT molecular complexity index is 456. The normalized spacial score (nSPS) is 12.6. The number of benzene rings is 1. The van der Waals surface area contributed by atoms with Crippen LogP contribution in [0.2, 0.25) is 0 Å². The third-order valence-electron chi connectivity index (χ3n) is 2.78. The van der Waals surface area contributed by atoms with Crippen molar-refractivity contribution in [1.29, 1.82) is 0 Å². The predicted octanol–water partition coefficient (Wildman–Crippen LogP) is 3.02. The Hall–Kier alpha value is -1.23. The zero-order valence-corrected chi connectivity index (χ0v) is 10.2. The molecule has 0 radical (unpaired) electrons. The molecular formula is C13H15FN2S. The summed E-state index contributed by atoms with van der Waals surface area (Å²) in [5, 5.41) is 4.15. The van der Waals surface area contributed by atoms with E-state index in [-0.39, 0.29) is 11.9 Å². The Morgan fingerprint density at radius 1 is 1.29 bits per heavy atom. The lowest BCUT2D eigenvalue weighted by Crippen LogP contribution is -2.29. The van der Waals surface area contributed by atoms with Crippen molar-refractivity contribution in [3.63, 3.8) is 0 Å². The fourth-order valence-corrected chi connectivity index (χ4v) is 2.54. The molecule has 0 aliphatic rings. The van der Waals surface area contributed by atoms with Gasteiger partial charge in [0.05, 0.1) is 0 Å². The summed E-state index contributed by atoms with van der Waals surface area (Å²) in [6.45, 7) is 0. The lowest BCUT2D eigenvalue weighted by Gasteiger charge is -2.16. The minimum atomic E-state index is -0.208. The molecule has 2 nitrogen and oxygen atoms in total. The van der Waals surface area contributed by atoms with Crippen LogP contribution in [0.25, 0.3) is 0 Å². The van der Waals surface area contributed by atoms with Crippen molar-refractivity contribution < 1.29 is 4.39 Å². The predicted molar refractivity (Wildman–Crippen MR) is 69.1 cm³/mol. The van der Waals surface area contributed by atoms with E-state index in [1.54, 1.807) is 23.5 Å². The van der Waals surface area contributed by atoms with Crippen LogP contribution in [0.4, 0.5) is 4.39 Å². The molecule has 0 fully saturated rings. The number of nitrogens with one attached hydrogen (secondary N) is 1. The third kappa shape index (κ3) is 3.12. The quantitative estimate of drug-likeness (QED) is 0.632. The number of nitrogens with two attached hydrogens (primary N) is 1. The van der Waals surface area contributed by atoms with Crippen LogP contribution in [0, 0.1) is 5.82 Å². The number of thiophene rings is 1. The summed E-state index contributed by atoms with van der Waals surface area (Å²) >= 11 is 1.67. The van der Waals surface area contributed by atoms with Crippen LogP contribution in [0.15, 0.2) is 41.1 Å². The average Bonchev–Trinajstić information content (AvgIpc) is 2.85. The minimum absolute atomic E-state index is 0.143.